The minimum atomic E-state index is -0.655. The number of benzene rings is 2. The number of hydrogen-bond acceptors (Lipinski definition) is 5. The third-order valence-corrected chi connectivity index (χ3v) is 4.77. The zero-order valence-electron chi connectivity index (χ0n) is 15.0. The van der Waals surface area contributed by atoms with Crippen molar-refractivity contribution in [2.75, 3.05) is 5.32 Å². The van der Waals surface area contributed by atoms with Crippen LogP contribution in [0.2, 0.25) is 0 Å². The van der Waals surface area contributed by atoms with E-state index in [1.54, 1.807) is 28.9 Å². The van der Waals surface area contributed by atoms with E-state index in [1.165, 1.54) is 6.33 Å². The maximum absolute atomic E-state index is 12.5. The van der Waals surface area contributed by atoms with E-state index in [1.807, 2.05) is 24.3 Å². The summed E-state index contributed by atoms with van der Waals surface area (Å²) >= 11 is 3.38. The summed E-state index contributed by atoms with van der Waals surface area (Å²) in [5.41, 5.74) is 0.253. The first-order valence-electron chi connectivity index (χ1n) is 8.65. The summed E-state index contributed by atoms with van der Waals surface area (Å²) < 4.78 is 3.40. The predicted octanol–water partition coefficient (Wildman–Crippen LogP) is 1.73. The molecular formula is C19H15BrN6O3. The van der Waals surface area contributed by atoms with Gasteiger partial charge in [0.1, 0.15) is 12.9 Å². The molecule has 0 atom stereocenters. The van der Waals surface area contributed by atoms with E-state index in [0.717, 1.165) is 14.6 Å². The fourth-order valence-electron chi connectivity index (χ4n) is 2.86. The summed E-state index contributed by atoms with van der Waals surface area (Å²) in [6.07, 6.45) is 1.49. The molecule has 9 nitrogen and oxygen atoms in total. The van der Waals surface area contributed by atoms with Crippen LogP contribution in [0.5, 0.6) is 0 Å². The molecule has 0 bridgehead atoms. The van der Waals surface area contributed by atoms with Crippen LogP contribution in [0.1, 0.15) is 5.56 Å². The van der Waals surface area contributed by atoms with Crippen LogP contribution in [0.3, 0.4) is 0 Å². The van der Waals surface area contributed by atoms with Crippen molar-refractivity contribution in [3.05, 3.63) is 85.7 Å². The van der Waals surface area contributed by atoms with E-state index < -0.39 is 23.7 Å². The standard InChI is InChI=1S/C19H15BrN6O3/c20-13-7-5-12(6-8-13)9-25-11-21-18(24-25)23-16(27)10-26-17(28)14-3-1-2-4-15(14)22-19(26)29/h1-8,11H,9-10H2,(H,22,29)(H,23,24,27). The molecule has 1 amide bonds. The van der Waals surface area contributed by atoms with Gasteiger partial charge in [-0.2, -0.15) is 0 Å². The van der Waals surface area contributed by atoms with Gasteiger partial charge in [-0.1, -0.05) is 40.2 Å². The average molecular weight is 455 g/mol. The molecule has 0 aliphatic rings. The second-order valence-corrected chi connectivity index (χ2v) is 7.22. The molecule has 0 spiro atoms. The molecule has 0 aliphatic heterocycles. The first-order valence-corrected chi connectivity index (χ1v) is 9.44. The molecule has 0 aliphatic carbocycles. The van der Waals surface area contributed by atoms with Gasteiger partial charge >= 0.3 is 5.69 Å². The summed E-state index contributed by atoms with van der Waals surface area (Å²) in [7, 11) is 0. The molecule has 4 aromatic rings. The number of nitrogens with one attached hydrogen (secondary N) is 2. The van der Waals surface area contributed by atoms with Crippen molar-refractivity contribution in [2.24, 2.45) is 0 Å². The number of para-hydroxylation sites is 1. The Morgan fingerprint density at radius 2 is 1.86 bits per heavy atom. The minimum absolute atomic E-state index is 0.0948. The Labute approximate surface area is 172 Å². The van der Waals surface area contributed by atoms with Gasteiger partial charge in [0.15, 0.2) is 0 Å². The molecule has 2 aromatic carbocycles. The number of nitrogens with zero attached hydrogens (tertiary/aromatic N) is 4. The molecule has 146 valence electrons. The first-order chi connectivity index (χ1) is 14.0. The van der Waals surface area contributed by atoms with E-state index in [9.17, 15) is 14.4 Å². The lowest BCUT2D eigenvalue weighted by Crippen LogP contribution is -2.38. The average Bonchev–Trinajstić information content (AvgIpc) is 3.13. The number of amides is 1. The highest BCUT2D eigenvalue weighted by molar-refractivity contribution is 9.10. The van der Waals surface area contributed by atoms with Crippen molar-refractivity contribution in [2.45, 2.75) is 13.1 Å². The molecule has 4 rings (SSSR count). The lowest BCUT2D eigenvalue weighted by Gasteiger charge is -2.06. The minimum Gasteiger partial charge on any atom is -0.307 e. The number of fused-ring (bicyclic) bond motifs is 1. The molecule has 29 heavy (non-hydrogen) atoms. The SMILES string of the molecule is O=C(Cn1c(=O)[nH]c2ccccc2c1=O)Nc1ncn(Cc2ccc(Br)cc2)n1. The Kier molecular flexibility index (Phi) is 5.09. The smallest absolute Gasteiger partial charge is 0.307 e. The van der Waals surface area contributed by atoms with Gasteiger partial charge in [0, 0.05) is 4.47 Å². The Balaban J connectivity index is 1.47. The highest BCUT2D eigenvalue weighted by Crippen LogP contribution is 2.11. The third kappa shape index (κ3) is 4.16. The first kappa shape index (κ1) is 18.8. The number of rotatable bonds is 5. The molecule has 0 saturated heterocycles. The van der Waals surface area contributed by atoms with Crippen molar-refractivity contribution in [3.8, 4) is 0 Å². The number of hydrogen-bond donors (Lipinski definition) is 2. The highest BCUT2D eigenvalue weighted by atomic mass is 79.9. The molecule has 0 unspecified atom stereocenters. The van der Waals surface area contributed by atoms with Gasteiger partial charge in [-0.25, -0.2) is 14.5 Å². The second-order valence-electron chi connectivity index (χ2n) is 6.31. The van der Waals surface area contributed by atoms with Crippen LogP contribution < -0.4 is 16.6 Å². The van der Waals surface area contributed by atoms with Crippen LogP contribution in [-0.2, 0) is 17.9 Å². The third-order valence-electron chi connectivity index (χ3n) is 4.24. The molecule has 0 fully saturated rings. The van der Waals surface area contributed by atoms with E-state index in [0.29, 0.717) is 17.4 Å². The summed E-state index contributed by atoms with van der Waals surface area (Å²) in [5.74, 6) is -0.480. The summed E-state index contributed by atoms with van der Waals surface area (Å²) in [6.45, 7) is 0.0419. The van der Waals surface area contributed by atoms with Crippen molar-refractivity contribution in [1.29, 1.82) is 0 Å². The van der Waals surface area contributed by atoms with Gasteiger partial charge in [-0.05, 0) is 29.8 Å². The second kappa shape index (κ2) is 7.84. The fraction of sp³-hybridized carbons (Fsp3) is 0.105. The number of anilines is 1. The van der Waals surface area contributed by atoms with Gasteiger partial charge in [-0.3, -0.25) is 19.5 Å². The molecule has 0 saturated carbocycles. The Hall–Kier alpha value is -3.53. The van der Waals surface area contributed by atoms with Gasteiger partial charge < -0.3 is 4.98 Å². The topological polar surface area (TPSA) is 115 Å². The van der Waals surface area contributed by atoms with Crippen LogP contribution in [0.4, 0.5) is 5.95 Å². The molecule has 0 radical (unpaired) electrons. The highest BCUT2D eigenvalue weighted by Gasteiger charge is 2.13. The van der Waals surface area contributed by atoms with Crippen LogP contribution in [0.25, 0.3) is 10.9 Å². The lowest BCUT2D eigenvalue weighted by atomic mass is 10.2. The van der Waals surface area contributed by atoms with Crippen molar-refractivity contribution in [1.82, 2.24) is 24.3 Å². The monoisotopic (exact) mass is 454 g/mol. The lowest BCUT2D eigenvalue weighted by molar-refractivity contribution is -0.116. The van der Waals surface area contributed by atoms with Crippen LogP contribution >= 0.6 is 15.9 Å². The zero-order chi connectivity index (χ0) is 20.4. The Morgan fingerprint density at radius 1 is 1.10 bits per heavy atom. The van der Waals surface area contributed by atoms with Crippen LogP contribution in [0.15, 0.2) is 68.9 Å². The molecule has 2 aromatic heterocycles. The van der Waals surface area contributed by atoms with E-state index in [-0.39, 0.29) is 5.95 Å². The van der Waals surface area contributed by atoms with Crippen molar-refractivity contribution < 1.29 is 4.79 Å². The normalized spacial score (nSPS) is 10.9. The summed E-state index contributed by atoms with van der Waals surface area (Å²) in [5, 5.41) is 7.03. The van der Waals surface area contributed by atoms with Crippen molar-refractivity contribution >= 4 is 38.7 Å². The quantitative estimate of drug-likeness (QED) is 0.476. The number of carbonyl (C=O) groups excluding carboxylic acids is 1. The Morgan fingerprint density at radius 3 is 2.66 bits per heavy atom. The van der Waals surface area contributed by atoms with Crippen LogP contribution in [-0.4, -0.2) is 30.2 Å². The number of aromatic amines is 1. The fourth-order valence-corrected chi connectivity index (χ4v) is 3.12. The van der Waals surface area contributed by atoms with E-state index >= 15 is 0 Å². The zero-order valence-corrected chi connectivity index (χ0v) is 16.6. The maximum atomic E-state index is 12.5. The van der Waals surface area contributed by atoms with Gasteiger partial charge in [0.2, 0.25) is 11.9 Å². The maximum Gasteiger partial charge on any atom is 0.329 e. The number of aromatic nitrogens is 5. The van der Waals surface area contributed by atoms with E-state index in [2.05, 4.69) is 36.3 Å². The number of H-pyrrole nitrogens is 1. The van der Waals surface area contributed by atoms with Gasteiger partial charge in [0.05, 0.1) is 17.4 Å². The van der Waals surface area contributed by atoms with Crippen molar-refractivity contribution in [3.63, 3.8) is 0 Å². The van der Waals surface area contributed by atoms with Gasteiger partial charge in [0.25, 0.3) is 5.56 Å². The summed E-state index contributed by atoms with van der Waals surface area (Å²) in [6, 6.07) is 14.4. The Bertz CT molecular complexity index is 1310. The number of carbonyl (C=O) groups is 1. The van der Waals surface area contributed by atoms with Crippen LogP contribution in [0, 0.1) is 0 Å². The largest absolute Gasteiger partial charge is 0.329 e. The summed E-state index contributed by atoms with van der Waals surface area (Å²) in [4.78, 5) is 43.6. The molecule has 10 heteroatoms. The molecule has 2 heterocycles. The van der Waals surface area contributed by atoms with E-state index in [4.69, 9.17) is 0 Å². The predicted molar refractivity (Wildman–Crippen MR) is 111 cm³/mol. The van der Waals surface area contributed by atoms with Gasteiger partial charge in [-0.15, -0.1) is 5.10 Å². The molecular weight excluding hydrogens is 440 g/mol. The number of halogens is 1. The molecule has 2 N–H and O–H groups in total.